The summed E-state index contributed by atoms with van der Waals surface area (Å²) in [5.74, 6) is 0. The molecule has 2 rings (SSSR count). The minimum absolute atomic E-state index is 0.0118. The second-order valence-corrected chi connectivity index (χ2v) is 8.00. The van der Waals surface area contributed by atoms with Crippen LogP contribution in [0.25, 0.3) is 11.1 Å². The fourth-order valence-corrected chi connectivity index (χ4v) is 4.45. The van der Waals surface area contributed by atoms with Crippen molar-refractivity contribution in [3.05, 3.63) is 35.4 Å². The first-order valence-corrected chi connectivity index (χ1v) is 9.47. The van der Waals surface area contributed by atoms with Crippen LogP contribution in [-0.2, 0) is 20.2 Å². The maximum absolute atomic E-state index is 11.8. The molecule has 0 aliphatic carbocycles. The van der Waals surface area contributed by atoms with Crippen molar-refractivity contribution in [1.82, 2.24) is 0 Å². The highest BCUT2D eigenvalue weighted by Gasteiger charge is 2.27. The smallest absolute Gasteiger partial charge is 0.295 e. The standard InChI is InChI=1S/C14H16N2O6S2/c1-7-4-3-5-9(13(7)23(17,18)19)10-6-11(15)12(16)8(2)14(10)24(20,21)22/h3-6H,15-16H2,1-2H3,(H,17,18,19)(H,20,21,22). The van der Waals surface area contributed by atoms with E-state index in [9.17, 15) is 25.9 Å². The zero-order valence-electron chi connectivity index (χ0n) is 12.8. The van der Waals surface area contributed by atoms with Gasteiger partial charge < -0.3 is 11.5 Å². The number of hydrogen-bond donors (Lipinski definition) is 4. The molecule has 0 fully saturated rings. The van der Waals surface area contributed by atoms with Crippen molar-refractivity contribution in [3.8, 4) is 11.1 Å². The van der Waals surface area contributed by atoms with Crippen LogP contribution in [0.3, 0.4) is 0 Å². The van der Waals surface area contributed by atoms with Crippen LogP contribution < -0.4 is 11.5 Å². The van der Waals surface area contributed by atoms with E-state index in [-0.39, 0.29) is 33.6 Å². The predicted molar refractivity (Wildman–Crippen MR) is 89.8 cm³/mol. The maximum atomic E-state index is 11.8. The van der Waals surface area contributed by atoms with Gasteiger partial charge in [0, 0.05) is 11.1 Å². The average Bonchev–Trinajstić information content (AvgIpc) is 2.41. The summed E-state index contributed by atoms with van der Waals surface area (Å²) in [5.41, 5.74) is 11.3. The van der Waals surface area contributed by atoms with Crippen molar-refractivity contribution >= 4 is 31.6 Å². The van der Waals surface area contributed by atoms with Gasteiger partial charge in [0.05, 0.1) is 11.4 Å². The fraction of sp³-hybridized carbons (Fsp3) is 0.143. The Balaban J connectivity index is 3.09. The monoisotopic (exact) mass is 372 g/mol. The normalized spacial score (nSPS) is 12.3. The molecule has 10 heteroatoms. The lowest BCUT2D eigenvalue weighted by Crippen LogP contribution is -2.10. The van der Waals surface area contributed by atoms with Crippen molar-refractivity contribution in [2.24, 2.45) is 0 Å². The Morgan fingerprint density at radius 1 is 0.875 bits per heavy atom. The molecule has 8 nitrogen and oxygen atoms in total. The maximum Gasteiger partial charge on any atom is 0.295 e. The van der Waals surface area contributed by atoms with E-state index < -0.39 is 30.0 Å². The Morgan fingerprint density at radius 3 is 1.92 bits per heavy atom. The molecule has 0 unspecified atom stereocenters. The number of anilines is 2. The summed E-state index contributed by atoms with van der Waals surface area (Å²) in [7, 11) is -9.40. The highest BCUT2D eigenvalue weighted by molar-refractivity contribution is 7.86. The third-order valence-corrected chi connectivity index (χ3v) is 5.72. The Morgan fingerprint density at radius 2 is 1.42 bits per heavy atom. The minimum Gasteiger partial charge on any atom is -0.397 e. The molecule has 0 saturated heterocycles. The summed E-state index contributed by atoms with van der Waals surface area (Å²) >= 11 is 0. The number of aryl methyl sites for hydroxylation is 1. The van der Waals surface area contributed by atoms with E-state index in [2.05, 4.69) is 0 Å². The van der Waals surface area contributed by atoms with E-state index >= 15 is 0 Å². The molecule has 0 atom stereocenters. The van der Waals surface area contributed by atoms with Crippen molar-refractivity contribution in [2.75, 3.05) is 11.5 Å². The first-order valence-electron chi connectivity index (χ1n) is 6.59. The van der Waals surface area contributed by atoms with Crippen molar-refractivity contribution < 1.29 is 25.9 Å². The molecule has 0 aromatic heterocycles. The summed E-state index contributed by atoms with van der Waals surface area (Å²) in [6.07, 6.45) is 0. The van der Waals surface area contributed by atoms with Crippen LogP contribution in [0.5, 0.6) is 0 Å². The van der Waals surface area contributed by atoms with E-state index in [1.54, 1.807) is 0 Å². The first-order chi connectivity index (χ1) is 10.9. The lowest BCUT2D eigenvalue weighted by molar-refractivity contribution is 0.479. The van der Waals surface area contributed by atoms with E-state index in [0.717, 1.165) is 6.07 Å². The number of rotatable bonds is 3. The third kappa shape index (κ3) is 3.08. The van der Waals surface area contributed by atoms with Gasteiger partial charge >= 0.3 is 0 Å². The summed E-state index contributed by atoms with van der Waals surface area (Å²) in [5, 5.41) is 0. The number of hydrogen-bond acceptors (Lipinski definition) is 6. The molecular formula is C14H16N2O6S2. The Bertz CT molecular complexity index is 1040. The van der Waals surface area contributed by atoms with Gasteiger partial charge in [-0.1, -0.05) is 18.2 Å². The highest BCUT2D eigenvalue weighted by atomic mass is 32.2. The molecule has 2 aromatic rings. The molecule has 0 heterocycles. The Kier molecular flexibility index (Phi) is 4.35. The predicted octanol–water partition coefficient (Wildman–Crippen LogP) is 1.63. The fourth-order valence-electron chi connectivity index (χ4n) is 2.58. The van der Waals surface area contributed by atoms with E-state index in [1.165, 1.54) is 32.0 Å². The van der Waals surface area contributed by atoms with Gasteiger partial charge in [-0.25, -0.2) is 0 Å². The van der Waals surface area contributed by atoms with Crippen LogP contribution in [0.15, 0.2) is 34.1 Å². The van der Waals surface area contributed by atoms with Gasteiger partial charge in [-0.2, -0.15) is 16.8 Å². The van der Waals surface area contributed by atoms with E-state index in [4.69, 9.17) is 11.5 Å². The summed E-state index contributed by atoms with van der Waals surface area (Å²) < 4.78 is 66.1. The van der Waals surface area contributed by atoms with Gasteiger partial charge in [0.1, 0.15) is 9.79 Å². The minimum atomic E-state index is -4.74. The van der Waals surface area contributed by atoms with Crippen LogP contribution in [0.1, 0.15) is 11.1 Å². The lowest BCUT2D eigenvalue weighted by atomic mass is 9.99. The quantitative estimate of drug-likeness (QED) is 0.467. The first kappa shape index (κ1) is 18.2. The Labute approximate surface area is 139 Å². The van der Waals surface area contributed by atoms with E-state index in [1.807, 2.05) is 0 Å². The van der Waals surface area contributed by atoms with Crippen molar-refractivity contribution in [1.29, 1.82) is 0 Å². The summed E-state index contributed by atoms with van der Waals surface area (Å²) in [4.78, 5) is -1.04. The molecular weight excluding hydrogens is 356 g/mol. The van der Waals surface area contributed by atoms with E-state index in [0.29, 0.717) is 0 Å². The second-order valence-electron chi connectivity index (χ2n) is 5.28. The third-order valence-electron chi connectivity index (χ3n) is 3.62. The Hall–Kier alpha value is -2.14. The molecule has 0 aliphatic heterocycles. The van der Waals surface area contributed by atoms with Crippen LogP contribution in [0, 0.1) is 13.8 Å². The highest BCUT2D eigenvalue weighted by Crippen LogP contribution is 2.39. The van der Waals surface area contributed by atoms with Gasteiger partial charge in [-0.15, -0.1) is 0 Å². The molecule has 2 aromatic carbocycles. The van der Waals surface area contributed by atoms with Crippen molar-refractivity contribution in [2.45, 2.75) is 23.6 Å². The van der Waals surface area contributed by atoms with Gasteiger partial charge in [0.2, 0.25) is 0 Å². The SMILES string of the molecule is Cc1cccc(-c2cc(N)c(N)c(C)c2S(=O)(=O)O)c1S(=O)(=O)O. The van der Waals surface area contributed by atoms with Gasteiger partial charge in [-0.3, -0.25) is 9.11 Å². The second kappa shape index (κ2) is 5.74. The zero-order chi connectivity index (χ0) is 18.4. The molecule has 0 saturated carbocycles. The van der Waals surface area contributed by atoms with Gasteiger partial charge in [0.25, 0.3) is 20.2 Å². The molecule has 130 valence electrons. The van der Waals surface area contributed by atoms with Crippen molar-refractivity contribution in [3.63, 3.8) is 0 Å². The topological polar surface area (TPSA) is 161 Å². The van der Waals surface area contributed by atoms with Crippen LogP contribution in [0.4, 0.5) is 11.4 Å². The summed E-state index contributed by atoms with van der Waals surface area (Å²) in [6, 6.07) is 5.37. The molecule has 0 bridgehead atoms. The molecule has 0 spiro atoms. The number of nitrogen functional groups attached to an aromatic ring is 2. The van der Waals surface area contributed by atoms with Crippen LogP contribution in [0.2, 0.25) is 0 Å². The number of nitrogens with two attached hydrogens (primary N) is 2. The molecule has 6 N–H and O–H groups in total. The molecule has 0 radical (unpaired) electrons. The van der Waals surface area contributed by atoms with Gasteiger partial charge in [0.15, 0.2) is 0 Å². The average molecular weight is 372 g/mol. The van der Waals surface area contributed by atoms with Gasteiger partial charge in [-0.05, 0) is 31.0 Å². The molecule has 24 heavy (non-hydrogen) atoms. The number of benzene rings is 2. The molecule has 0 aliphatic rings. The largest absolute Gasteiger partial charge is 0.397 e. The summed E-state index contributed by atoms with van der Waals surface area (Å²) in [6.45, 7) is 2.77. The van der Waals surface area contributed by atoms with Crippen LogP contribution >= 0.6 is 0 Å². The molecule has 0 amide bonds. The zero-order valence-corrected chi connectivity index (χ0v) is 14.4. The lowest BCUT2D eigenvalue weighted by Gasteiger charge is -2.17. The van der Waals surface area contributed by atoms with Crippen LogP contribution in [-0.4, -0.2) is 25.9 Å².